The van der Waals surface area contributed by atoms with Crippen LogP contribution < -0.4 is 14.5 Å². The van der Waals surface area contributed by atoms with Crippen LogP contribution in [0.15, 0.2) is 64.7 Å². The lowest BCUT2D eigenvalue weighted by atomic mass is 10.1. The molecule has 1 saturated heterocycles. The van der Waals surface area contributed by atoms with Crippen molar-refractivity contribution < 1.29 is 4.74 Å². The topological polar surface area (TPSA) is 41.5 Å². The van der Waals surface area contributed by atoms with Crippen LogP contribution in [0.5, 0.6) is 5.75 Å². The van der Waals surface area contributed by atoms with Gasteiger partial charge in [0.05, 0.1) is 18.2 Å². The Hall–Kier alpha value is -2.64. The van der Waals surface area contributed by atoms with Crippen molar-refractivity contribution in [3.63, 3.8) is 0 Å². The van der Waals surface area contributed by atoms with Crippen molar-refractivity contribution in [3.05, 3.63) is 64.7 Å². The van der Waals surface area contributed by atoms with Crippen molar-refractivity contribution in [2.75, 3.05) is 43.1 Å². The fraction of sp³-hybridized carbons (Fsp3) is 0.217. The Balaban J connectivity index is 1.45. The van der Waals surface area contributed by atoms with Gasteiger partial charge in [-0.15, -0.1) is 11.3 Å². The minimum absolute atomic E-state index is 0.903. The van der Waals surface area contributed by atoms with E-state index in [1.54, 1.807) is 24.8 Å². The molecule has 0 bridgehead atoms. The number of piperazine rings is 1. The highest BCUT2D eigenvalue weighted by molar-refractivity contribution is 9.10. The first kappa shape index (κ1) is 19.3. The van der Waals surface area contributed by atoms with Crippen LogP contribution >= 0.6 is 27.3 Å². The van der Waals surface area contributed by atoms with Gasteiger partial charge in [-0.2, -0.15) is 0 Å². The smallest absolute Gasteiger partial charge is 0.142 e. The summed E-state index contributed by atoms with van der Waals surface area (Å²) in [5.74, 6) is 1.95. The predicted molar refractivity (Wildman–Crippen MR) is 128 cm³/mol. The summed E-state index contributed by atoms with van der Waals surface area (Å²) >= 11 is 5.20. The minimum Gasteiger partial charge on any atom is -0.495 e. The summed E-state index contributed by atoms with van der Waals surface area (Å²) in [5, 5.41) is 3.34. The third-order valence-corrected chi connectivity index (χ3v) is 6.93. The maximum absolute atomic E-state index is 5.55. The van der Waals surface area contributed by atoms with E-state index in [9.17, 15) is 0 Å². The summed E-state index contributed by atoms with van der Waals surface area (Å²) in [4.78, 5) is 15.0. The lowest BCUT2D eigenvalue weighted by molar-refractivity contribution is 0.413. The van der Waals surface area contributed by atoms with E-state index in [2.05, 4.69) is 72.5 Å². The first-order valence-corrected chi connectivity index (χ1v) is 11.5. The summed E-state index contributed by atoms with van der Waals surface area (Å²) < 4.78 is 6.63. The third kappa shape index (κ3) is 3.52. The molecule has 5 rings (SSSR count). The second kappa shape index (κ2) is 8.24. The van der Waals surface area contributed by atoms with E-state index in [0.717, 1.165) is 58.1 Å². The Morgan fingerprint density at radius 2 is 1.67 bits per heavy atom. The fourth-order valence-electron chi connectivity index (χ4n) is 3.99. The van der Waals surface area contributed by atoms with E-state index < -0.39 is 0 Å². The van der Waals surface area contributed by atoms with Crippen LogP contribution in [0.2, 0.25) is 0 Å². The van der Waals surface area contributed by atoms with Crippen molar-refractivity contribution in [1.82, 2.24) is 9.97 Å². The fourth-order valence-corrected chi connectivity index (χ4v) is 5.17. The Morgan fingerprint density at radius 1 is 0.933 bits per heavy atom. The highest BCUT2D eigenvalue weighted by atomic mass is 79.9. The number of thiophene rings is 1. The lowest BCUT2D eigenvalue weighted by Crippen LogP contribution is -2.47. The Bertz CT molecular complexity index is 1170. The molecule has 1 fully saturated rings. The molecule has 1 aliphatic heterocycles. The van der Waals surface area contributed by atoms with E-state index in [4.69, 9.17) is 9.72 Å². The van der Waals surface area contributed by atoms with Gasteiger partial charge < -0.3 is 14.5 Å². The number of nitrogens with zero attached hydrogens (tertiary/aromatic N) is 4. The van der Waals surface area contributed by atoms with Crippen molar-refractivity contribution in [1.29, 1.82) is 0 Å². The number of benzene rings is 2. The number of aromatic nitrogens is 2. The number of rotatable bonds is 4. The molecular weight excluding hydrogens is 460 g/mol. The first-order valence-electron chi connectivity index (χ1n) is 9.85. The molecule has 1 aliphatic rings. The molecule has 0 unspecified atom stereocenters. The molecule has 7 heteroatoms. The lowest BCUT2D eigenvalue weighted by Gasteiger charge is -2.37. The summed E-state index contributed by atoms with van der Waals surface area (Å²) in [6, 6.07) is 16.7. The standard InChI is InChI=1S/C23H21BrN4OS/c1-29-20-5-3-2-4-19(20)27-10-12-28(13-11-27)22-21-18(14-30-23(21)26-15-25-22)16-6-8-17(24)9-7-16/h2-9,14-15H,10-13H2,1H3. The number of hydrogen-bond donors (Lipinski definition) is 0. The van der Waals surface area contributed by atoms with Crippen molar-refractivity contribution in [2.24, 2.45) is 0 Å². The van der Waals surface area contributed by atoms with Gasteiger partial charge >= 0.3 is 0 Å². The summed E-state index contributed by atoms with van der Waals surface area (Å²) in [6.07, 6.45) is 1.69. The first-order chi connectivity index (χ1) is 14.7. The minimum atomic E-state index is 0.903. The Kier molecular flexibility index (Phi) is 5.31. The summed E-state index contributed by atoms with van der Waals surface area (Å²) in [6.45, 7) is 3.65. The molecule has 0 N–H and O–H groups in total. The Morgan fingerprint density at radius 3 is 2.43 bits per heavy atom. The largest absolute Gasteiger partial charge is 0.495 e. The van der Waals surface area contributed by atoms with Gasteiger partial charge in [0.15, 0.2) is 0 Å². The number of anilines is 2. The number of ether oxygens (including phenoxy) is 1. The number of fused-ring (bicyclic) bond motifs is 1. The summed E-state index contributed by atoms with van der Waals surface area (Å²) in [7, 11) is 1.73. The number of methoxy groups -OCH3 is 1. The highest BCUT2D eigenvalue weighted by Gasteiger charge is 2.23. The quantitative estimate of drug-likeness (QED) is 0.388. The van der Waals surface area contributed by atoms with Gasteiger partial charge in [0.1, 0.15) is 22.7 Å². The van der Waals surface area contributed by atoms with Crippen LogP contribution in [-0.4, -0.2) is 43.3 Å². The summed E-state index contributed by atoms with van der Waals surface area (Å²) in [5.41, 5.74) is 3.54. The van der Waals surface area contributed by atoms with Crippen molar-refractivity contribution in [3.8, 4) is 16.9 Å². The van der Waals surface area contributed by atoms with Gasteiger partial charge in [-0.1, -0.05) is 40.2 Å². The van der Waals surface area contributed by atoms with E-state index in [1.165, 1.54) is 11.1 Å². The number of halogens is 1. The van der Waals surface area contributed by atoms with Crippen LogP contribution in [0, 0.1) is 0 Å². The molecule has 30 heavy (non-hydrogen) atoms. The molecule has 152 valence electrons. The predicted octanol–water partition coefficient (Wildman–Crippen LogP) is 5.46. The van der Waals surface area contributed by atoms with E-state index in [-0.39, 0.29) is 0 Å². The zero-order valence-electron chi connectivity index (χ0n) is 16.6. The van der Waals surface area contributed by atoms with E-state index >= 15 is 0 Å². The van der Waals surface area contributed by atoms with Gasteiger partial charge in [0.25, 0.3) is 0 Å². The second-order valence-electron chi connectivity index (χ2n) is 7.18. The molecule has 0 spiro atoms. The van der Waals surface area contributed by atoms with Crippen LogP contribution in [0.3, 0.4) is 0 Å². The Labute approximate surface area is 188 Å². The molecule has 3 heterocycles. The normalized spacial score (nSPS) is 14.3. The molecule has 5 nitrogen and oxygen atoms in total. The molecule has 0 aliphatic carbocycles. The van der Waals surface area contributed by atoms with Gasteiger partial charge in [-0.05, 0) is 29.8 Å². The number of hydrogen-bond acceptors (Lipinski definition) is 6. The van der Waals surface area contributed by atoms with Gasteiger partial charge in [-0.25, -0.2) is 9.97 Å². The maximum Gasteiger partial charge on any atom is 0.142 e. The zero-order valence-corrected chi connectivity index (χ0v) is 19.0. The van der Waals surface area contributed by atoms with Gasteiger partial charge in [-0.3, -0.25) is 0 Å². The zero-order chi connectivity index (χ0) is 20.5. The van der Waals surface area contributed by atoms with Crippen LogP contribution in [0.4, 0.5) is 11.5 Å². The van der Waals surface area contributed by atoms with Crippen molar-refractivity contribution >= 4 is 49.0 Å². The van der Waals surface area contributed by atoms with Crippen LogP contribution in [-0.2, 0) is 0 Å². The average Bonchev–Trinajstić information content (AvgIpc) is 3.24. The van der Waals surface area contributed by atoms with Crippen LogP contribution in [0.25, 0.3) is 21.3 Å². The maximum atomic E-state index is 5.55. The SMILES string of the molecule is COc1ccccc1N1CCN(c2ncnc3scc(-c4ccc(Br)cc4)c23)CC1. The molecule has 2 aromatic heterocycles. The molecule has 2 aromatic carbocycles. The van der Waals surface area contributed by atoms with E-state index in [0.29, 0.717) is 0 Å². The highest BCUT2D eigenvalue weighted by Crippen LogP contribution is 2.38. The van der Waals surface area contributed by atoms with Crippen LogP contribution in [0.1, 0.15) is 0 Å². The number of para-hydroxylation sites is 2. The third-order valence-electron chi connectivity index (χ3n) is 5.51. The monoisotopic (exact) mass is 480 g/mol. The second-order valence-corrected chi connectivity index (χ2v) is 8.95. The van der Waals surface area contributed by atoms with Gasteiger partial charge in [0, 0.05) is 41.6 Å². The average molecular weight is 481 g/mol. The molecule has 0 radical (unpaired) electrons. The van der Waals surface area contributed by atoms with E-state index in [1.807, 2.05) is 12.1 Å². The molecule has 0 amide bonds. The molecule has 0 atom stereocenters. The van der Waals surface area contributed by atoms with Crippen molar-refractivity contribution in [2.45, 2.75) is 0 Å². The molecule has 0 saturated carbocycles. The molecular formula is C23H21BrN4OS. The molecule has 4 aromatic rings. The van der Waals surface area contributed by atoms with Gasteiger partial charge in [0.2, 0.25) is 0 Å².